The number of anilines is 1. The van der Waals surface area contributed by atoms with Gasteiger partial charge in [0.05, 0.1) is 12.8 Å². The van der Waals surface area contributed by atoms with E-state index in [0.29, 0.717) is 17.3 Å². The number of nitrogens with one attached hydrogen (secondary N) is 1. The quantitative estimate of drug-likeness (QED) is 0.532. The summed E-state index contributed by atoms with van der Waals surface area (Å²) in [6, 6.07) is 19.6. The molecule has 0 aliphatic heterocycles. The zero-order chi connectivity index (χ0) is 20.9. The molecular formula is C22H18N4O4. The Bertz CT molecular complexity index is 1230. The lowest BCUT2D eigenvalue weighted by Gasteiger charge is -2.11. The molecule has 4 rings (SSSR count). The number of hydrogen-bond acceptors (Lipinski definition) is 6. The molecule has 30 heavy (non-hydrogen) atoms. The summed E-state index contributed by atoms with van der Waals surface area (Å²) in [5, 5.41) is 6.69. The molecule has 150 valence electrons. The first-order valence-electron chi connectivity index (χ1n) is 9.17. The van der Waals surface area contributed by atoms with E-state index in [1.807, 2.05) is 30.3 Å². The maximum Gasteiger partial charge on any atom is 0.263 e. The van der Waals surface area contributed by atoms with E-state index in [1.54, 1.807) is 36.4 Å². The van der Waals surface area contributed by atoms with E-state index in [1.165, 1.54) is 17.9 Å². The van der Waals surface area contributed by atoms with Crippen molar-refractivity contribution in [1.82, 2.24) is 14.7 Å². The lowest BCUT2D eigenvalue weighted by molar-refractivity contribution is -0.116. The lowest BCUT2D eigenvalue weighted by Crippen LogP contribution is -2.28. The third-order valence-electron chi connectivity index (χ3n) is 4.40. The Morgan fingerprint density at radius 3 is 2.63 bits per heavy atom. The van der Waals surface area contributed by atoms with Gasteiger partial charge in [0.1, 0.15) is 17.9 Å². The van der Waals surface area contributed by atoms with E-state index in [9.17, 15) is 9.59 Å². The molecule has 0 atom stereocenters. The molecule has 0 spiro atoms. The van der Waals surface area contributed by atoms with Gasteiger partial charge in [0.15, 0.2) is 0 Å². The van der Waals surface area contributed by atoms with Crippen LogP contribution >= 0.6 is 0 Å². The topological polar surface area (TPSA) is 99.2 Å². The standard InChI is InChI=1S/C22H18N4O4/c1-29-18-12-6-5-11-17(18)23-19(27)14-26-13-7-10-16(22(26)28)21-24-20(25-30-21)15-8-3-2-4-9-15/h2-13H,14H2,1H3,(H,23,27). The Kier molecular flexibility index (Phi) is 5.38. The minimum absolute atomic E-state index is 0.0957. The number of para-hydroxylation sites is 2. The van der Waals surface area contributed by atoms with Gasteiger partial charge in [-0.15, -0.1) is 0 Å². The summed E-state index contributed by atoms with van der Waals surface area (Å²) in [5.41, 5.74) is 1.12. The minimum atomic E-state index is -0.407. The third kappa shape index (κ3) is 3.97. The van der Waals surface area contributed by atoms with Gasteiger partial charge in [0, 0.05) is 11.8 Å². The lowest BCUT2D eigenvalue weighted by atomic mass is 10.2. The molecule has 4 aromatic rings. The summed E-state index contributed by atoms with van der Waals surface area (Å²) in [6.45, 7) is -0.176. The Morgan fingerprint density at radius 1 is 1.07 bits per heavy atom. The van der Waals surface area contributed by atoms with Crippen molar-refractivity contribution in [2.75, 3.05) is 12.4 Å². The molecule has 1 amide bonds. The average molecular weight is 402 g/mol. The van der Waals surface area contributed by atoms with Crippen LogP contribution in [0.5, 0.6) is 5.75 Å². The second kappa shape index (κ2) is 8.44. The van der Waals surface area contributed by atoms with Gasteiger partial charge in [-0.2, -0.15) is 4.98 Å². The number of hydrogen-bond donors (Lipinski definition) is 1. The molecule has 0 fully saturated rings. The molecule has 0 radical (unpaired) electrons. The Morgan fingerprint density at radius 2 is 1.83 bits per heavy atom. The maximum absolute atomic E-state index is 12.9. The monoisotopic (exact) mass is 402 g/mol. The number of pyridine rings is 1. The van der Waals surface area contributed by atoms with Crippen LogP contribution < -0.4 is 15.6 Å². The molecule has 2 aromatic heterocycles. The summed E-state index contributed by atoms with van der Waals surface area (Å²) < 4.78 is 11.8. The maximum atomic E-state index is 12.9. The first-order chi connectivity index (χ1) is 14.7. The van der Waals surface area contributed by atoms with Gasteiger partial charge in [-0.05, 0) is 24.3 Å². The highest BCUT2D eigenvalue weighted by Gasteiger charge is 2.16. The fourth-order valence-electron chi connectivity index (χ4n) is 2.95. The van der Waals surface area contributed by atoms with Crippen LogP contribution in [-0.2, 0) is 11.3 Å². The summed E-state index contributed by atoms with van der Waals surface area (Å²) in [4.78, 5) is 29.6. The number of amides is 1. The predicted molar refractivity (Wildman–Crippen MR) is 111 cm³/mol. The molecule has 0 aliphatic carbocycles. The number of rotatable bonds is 6. The fourth-order valence-corrected chi connectivity index (χ4v) is 2.95. The van der Waals surface area contributed by atoms with E-state index in [4.69, 9.17) is 9.26 Å². The largest absolute Gasteiger partial charge is 0.495 e. The Hall–Kier alpha value is -4.20. The van der Waals surface area contributed by atoms with Crippen molar-refractivity contribution in [2.24, 2.45) is 0 Å². The minimum Gasteiger partial charge on any atom is -0.495 e. The second-order valence-electron chi connectivity index (χ2n) is 6.39. The summed E-state index contributed by atoms with van der Waals surface area (Å²) in [6.07, 6.45) is 1.53. The van der Waals surface area contributed by atoms with E-state index >= 15 is 0 Å². The molecule has 1 N–H and O–H groups in total. The smallest absolute Gasteiger partial charge is 0.263 e. The van der Waals surface area contributed by atoms with Crippen LogP contribution in [0.1, 0.15) is 0 Å². The van der Waals surface area contributed by atoms with Crippen LogP contribution in [-0.4, -0.2) is 27.7 Å². The van der Waals surface area contributed by atoms with E-state index in [-0.39, 0.29) is 23.9 Å². The molecule has 0 saturated carbocycles. The first-order valence-corrected chi connectivity index (χ1v) is 9.17. The second-order valence-corrected chi connectivity index (χ2v) is 6.39. The third-order valence-corrected chi connectivity index (χ3v) is 4.40. The van der Waals surface area contributed by atoms with Crippen LogP contribution in [0.2, 0.25) is 0 Å². The van der Waals surface area contributed by atoms with Crippen LogP contribution in [0.3, 0.4) is 0 Å². The molecule has 0 saturated heterocycles. The van der Waals surface area contributed by atoms with E-state index < -0.39 is 5.56 Å². The summed E-state index contributed by atoms with van der Waals surface area (Å²) >= 11 is 0. The molecule has 0 unspecified atom stereocenters. The van der Waals surface area contributed by atoms with Crippen LogP contribution in [0.4, 0.5) is 5.69 Å². The van der Waals surface area contributed by atoms with Gasteiger partial charge in [-0.25, -0.2) is 0 Å². The number of carbonyl (C=O) groups is 1. The molecule has 8 heteroatoms. The Balaban J connectivity index is 1.56. The van der Waals surface area contributed by atoms with E-state index in [2.05, 4.69) is 15.5 Å². The van der Waals surface area contributed by atoms with Crippen LogP contribution in [0.15, 0.2) is 82.2 Å². The van der Waals surface area contributed by atoms with Gasteiger partial charge in [-0.3, -0.25) is 9.59 Å². The number of carbonyl (C=O) groups excluding carboxylic acids is 1. The fraction of sp³-hybridized carbons (Fsp3) is 0.0909. The number of benzene rings is 2. The van der Waals surface area contributed by atoms with Crippen molar-refractivity contribution < 1.29 is 14.1 Å². The van der Waals surface area contributed by atoms with Crippen LogP contribution in [0.25, 0.3) is 22.8 Å². The molecule has 2 aromatic carbocycles. The van der Waals surface area contributed by atoms with Gasteiger partial charge in [0.25, 0.3) is 11.4 Å². The average Bonchev–Trinajstić information content (AvgIpc) is 3.26. The van der Waals surface area contributed by atoms with Gasteiger partial charge in [-0.1, -0.05) is 47.6 Å². The van der Waals surface area contributed by atoms with Crippen molar-refractivity contribution in [3.05, 3.63) is 83.3 Å². The SMILES string of the molecule is COc1ccccc1NC(=O)Cn1cccc(-c2nc(-c3ccccc3)no2)c1=O. The van der Waals surface area contributed by atoms with Crippen molar-refractivity contribution in [3.63, 3.8) is 0 Å². The van der Waals surface area contributed by atoms with Crippen molar-refractivity contribution in [1.29, 1.82) is 0 Å². The van der Waals surface area contributed by atoms with Crippen molar-refractivity contribution in [2.45, 2.75) is 6.54 Å². The zero-order valence-corrected chi connectivity index (χ0v) is 16.1. The highest BCUT2D eigenvalue weighted by atomic mass is 16.5. The Labute approximate surface area is 171 Å². The number of aromatic nitrogens is 3. The molecule has 0 aliphatic rings. The van der Waals surface area contributed by atoms with Gasteiger partial charge >= 0.3 is 0 Å². The van der Waals surface area contributed by atoms with Crippen molar-refractivity contribution >= 4 is 11.6 Å². The van der Waals surface area contributed by atoms with E-state index in [0.717, 1.165) is 5.56 Å². The number of ether oxygens (including phenoxy) is 1. The number of methoxy groups -OCH3 is 1. The molecule has 0 bridgehead atoms. The van der Waals surface area contributed by atoms with Crippen LogP contribution in [0, 0.1) is 0 Å². The highest BCUT2D eigenvalue weighted by Crippen LogP contribution is 2.23. The predicted octanol–water partition coefficient (Wildman–Crippen LogP) is 3.21. The highest BCUT2D eigenvalue weighted by molar-refractivity contribution is 5.92. The van der Waals surface area contributed by atoms with Gasteiger partial charge in [0.2, 0.25) is 11.7 Å². The normalized spacial score (nSPS) is 10.6. The molecular weight excluding hydrogens is 384 g/mol. The van der Waals surface area contributed by atoms with Gasteiger partial charge < -0.3 is 19.1 Å². The molecule has 2 heterocycles. The summed E-state index contributed by atoms with van der Waals surface area (Å²) in [5.74, 6) is 0.646. The zero-order valence-electron chi connectivity index (χ0n) is 16.1. The number of nitrogens with zero attached hydrogens (tertiary/aromatic N) is 3. The first kappa shape index (κ1) is 19.1. The van der Waals surface area contributed by atoms with Crippen molar-refractivity contribution in [3.8, 4) is 28.6 Å². The summed E-state index contributed by atoms with van der Waals surface area (Å²) in [7, 11) is 1.52. The molecule has 8 nitrogen and oxygen atoms in total.